The van der Waals surface area contributed by atoms with Crippen LogP contribution in [0.3, 0.4) is 0 Å². The number of rotatable bonds is 20. The van der Waals surface area contributed by atoms with Crippen LogP contribution >= 0.6 is 22.9 Å². The van der Waals surface area contributed by atoms with Crippen molar-refractivity contribution >= 4 is 63.7 Å². The molecule has 3 fully saturated rings. The summed E-state index contributed by atoms with van der Waals surface area (Å²) in [5.74, 6) is 0.769. The molecule has 67 heavy (non-hydrogen) atoms. The van der Waals surface area contributed by atoms with Crippen molar-refractivity contribution in [1.29, 1.82) is 0 Å². The molecular weight excluding hydrogens is 894 g/mol. The van der Waals surface area contributed by atoms with E-state index in [9.17, 15) is 24.0 Å². The summed E-state index contributed by atoms with van der Waals surface area (Å²) in [6.07, 6.45) is 16.0. The van der Waals surface area contributed by atoms with Crippen LogP contribution in [0.15, 0.2) is 52.9 Å². The summed E-state index contributed by atoms with van der Waals surface area (Å²) >= 11 is 7.96. The monoisotopic (exact) mass is 953 g/mol. The first-order valence-electron chi connectivity index (χ1n) is 23.6. The second-order valence-corrected chi connectivity index (χ2v) is 19.4. The molecule has 1 aromatic carbocycles. The largest absolute Gasteiger partial charge is 0.449 e. The van der Waals surface area contributed by atoms with Crippen LogP contribution in [0.1, 0.15) is 118 Å². The fourth-order valence-electron chi connectivity index (χ4n) is 9.14. The van der Waals surface area contributed by atoms with Gasteiger partial charge < -0.3 is 25.6 Å². The van der Waals surface area contributed by atoms with Gasteiger partial charge in [-0.25, -0.2) is 24.5 Å². The van der Waals surface area contributed by atoms with Crippen LogP contribution in [0.25, 0.3) is 22.2 Å². The molecule has 5 amide bonds. The molecule has 5 heterocycles. The number of halogens is 1. The Bertz CT molecular complexity index is 2610. The lowest BCUT2D eigenvalue weighted by molar-refractivity contribution is -0.135. The molecule has 0 spiro atoms. The first-order chi connectivity index (χ1) is 32.5. The Hall–Kier alpha value is -5.88. The van der Waals surface area contributed by atoms with E-state index in [0.29, 0.717) is 59.0 Å². The van der Waals surface area contributed by atoms with Crippen LogP contribution < -0.4 is 26.8 Å². The minimum atomic E-state index is -0.787. The number of nitrogens with one attached hydrogen (secondary N) is 4. The molecule has 1 saturated heterocycles. The van der Waals surface area contributed by atoms with Crippen LogP contribution in [0.4, 0.5) is 15.5 Å². The summed E-state index contributed by atoms with van der Waals surface area (Å²) < 4.78 is 9.16. The highest BCUT2D eigenvalue weighted by Gasteiger charge is 2.33. The van der Waals surface area contributed by atoms with Crippen molar-refractivity contribution in [1.82, 2.24) is 50.1 Å². The topological polar surface area (TPSA) is 207 Å². The molecule has 4 aromatic heterocycles. The van der Waals surface area contributed by atoms with Gasteiger partial charge >= 0.3 is 12.1 Å². The Morgan fingerprint density at radius 3 is 2.46 bits per heavy atom. The molecular formula is C48H60ClN11O6S. The lowest BCUT2D eigenvalue weighted by Crippen LogP contribution is -2.45. The molecule has 1 aliphatic heterocycles. The van der Waals surface area contributed by atoms with Crippen molar-refractivity contribution in [2.75, 3.05) is 18.5 Å². The van der Waals surface area contributed by atoms with Crippen molar-refractivity contribution in [2.24, 2.45) is 13.0 Å². The number of aryl methyl sites for hydroxylation is 2. The second kappa shape index (κ2) is 22.3. The number of thiophene rings is 1. The third-order valence-electron chi connectivity index (χ3n) is 13.1. The van der Waals surface area contributed by atoms with E-state index in [-0.39, 0.29) is 55.1 Å². The molecule has 3 aliphatic rings. The number of aromatic nitrogens is 6. The fraction of sp³-hybridized carbons (Fsp3) is 0.521. The number of piperidine rings is 1. The first-order valence-corrected chi connectivity index (χ1v) is 24.9. The molecule has 19 heteroatoms. The van der Waals surface area contributed by atoms with E-state index in [0.717, 1.165) is 92.3 Å². The van der Waals surface area contributed by atoms with Gasteiger partial charge in [0.2, 0.25) is 17.8 Å². The molecule has 17 nitrogen and oxygen atoms in total. The Morgan fingerprint density at radius 1 is 0.940 bits per heavy atom. The van der Waals surface area contributed by atoms with Gasteiger partial charge in [-0.05, 0) is 82.6 Å². The predicted octanol–water partition coefficient (Wildman–Crippen LogP) is 7.74. The normalized spacial score (nSPS) is 18.4. The Morgan fingerprint density at radius 2 is 1.70 bits per heavy atom. The molecule has 5 aromatic rings. The highest BCUT2D eigenvalue weighted by Crippen LogP contribution is 2.37. The lowest BCUT2D eigenvalue weighted by Gasteiger charge is -2.36. The van der Waals surface area contributed by atoms with Gasteiger partial charge in [0, 0.05) is 55.3 Å². The number of carbonyl (C=O) groups is 4. The van der Waals surface area contributed by atoms with E-state index in [1.165, 1.54) is 28.7 Å². The molecule has 1 atom stereocenters. The number of amides is 5. The van der Waals surface area contributed by atoms with Crippen LogP contribution in [0, 0.1) is 12.8 Å². The zero-order valence-corrected chi connectivity index (χ0v) is 39.8. The maximum absolute atomic E-state index is 13.6. The van der Waals surface area contributed by atoms with Gasteiger partial charge in [-0.2, -0.15) is 5.10 Å². The zero-order chi connectivity index (χ0) is 46.9. The maximum atomic E-state index is 13.6. The number of nitrogens with zero attached hydrogens (tertiary/aromatic N) is 7. The Kier molecular flexibility index (Phi) is 15.8. The minimum Gasteiger partial charge on any atom is -0.449 e. The number of carbonyl (C=O) groups excluding carboxylic acids is 4. The third kappa shape index (κ3) is 12.2. The molecule has 2 saturated carbocycles. The van der Waals surface area contributed by atoms with E-state index in [4.69, 9.17) is 21.3 Å². The second-order valence-electron chi connectivity index (χ2n) is 18.0. The van der Waals surface area contributed by atoms with Crippen LogP contribution in [0.5, 0.6) is 0 Å². The highest BCUT2D eigenvalue weighted by molar-refractivity contribution is 7.11. The number of anilines is 1. The smallest absolute Gasteiger partial charge is 0.410 e. The standard InChI is InChI=1S/C48H60ClN11O6S/c1-30-54-43-36(45(63)60(30)38-20-21-41(61)56-44(38)62)29-67-40(43)27-52-47(64)50-22-10-5-3-4-6-11-23-66-48(65)59(28-32-12-8-7-9-13-32)34-18-16-33(17-19-34)55-46-51-26-37(49)42(57-46)35-25-53-58(2)39(35)24-31-14-15-31/h7-9,12-13,25-26,29,31,33-34,38H,3-6,10-11,14-24,27-28H2,1-2H3,(H2,50,52,64)(H,51,55,57)(H,56,61,62). The van der Waals surface area contributed by atoms with Crippen LogP contribution in [-0.4, -0.2) is 83.4 Å². The van der Waals surface area contributed by atoms with Crippen molar-refractivity contribution < 1.29 is 23.9 Å². The summed E-state index contributed by atoms with van der Waals surface area (Å²) in [6, 6.07) is 9.18. The van der Waals surface area contributed by atoms with Gasteiger partial charge in [-0.15, -0.1) is 11.3 Å². The predicted molar refractivity (Wildman–Crippen MR) is 257 cm³/mol. The number of urea groups is 1. The van der Waals surface area contributed by atoms with Gasteiger partial charge in [0.1, 0.15) is 11.9 Å². The molecule has 0 bridgehead atoms. The van der Waals surface area contributed by atoms with E-state index in [1.807, 2.05) is 53.2 Å². The first kappa shape index (κ1) is 47.6. The van der Waals surface area contributed by atoms with Gasteiger partial charge in [0.05, 0.1) is 52.0 Å². The van der Waals surface area contributed by atoms with Gasteiger partial charge in [-0.3, -0.25) is 28.9 Å². The van der Waals surface area contributed by atoms with Gasteiger partial charge in [0.25, 0.3) is 5.56 Å². The maximum Gasteiger partial charge on any atom is 0.410 e. The number of hydrogen-bond donors (Lipinski definition) is 4. The summed E-state index contributed by atoms with van der Waals surface area (Å²) in [5.41, 5.74) is 4.04. The number of unbranched alkanes of at least 4 members (excludes halogenated alkanes) is 5. The Labute approximate surface area is 398 Å². The van der Waals surface area contributed by atoms with Crippen molar-refractivity contribution in [2.45, 2.75) is 134 Å². The van der Waals surface area contributed by atoms with Crippen molar-refractivity contribution in [3.05, 3.63) is 85.4 Å². The van der Waals surface area contributed by atoms with E-state index < -0.39 is 11.9 Å². The molecule has 2 aliphatic carbocycles. The number of ether oxygens (including phenoxy) is 1. The summed E-state index contributed by atoms with van der Waals surface area (Å²) in [7, 11) is 1.97. The minimum absolute atomic E-state index is 0.0496. The highest BCUT2D eigenvalue weighted by atomic mass is 35.5. The average Bonchev–Trinajstić information content (AvgIpc) is 3.95. The van der Waals surface area contributed by atoms with E-state index in [1.54, 1.807) is 18.5 Å². The molecule has 356 valence electrons. The Balaban J connectivity index is 0.723. The quantitative estimate of drug-likeness (QED) is 0.0438. The average molecular weight is 955 g/mol. The number of fused-ring (bicyclic) bond motifs is 1. The number of hydrogen-bond acceptors (Lipinski definition) is 12. The summed E-state index contributed by atoms with van der Waals surface area (Å²) in [6.45, 7) is 3.25. The molecule has 4 N–H and O–H groups in total. The van der Waals surface area contributed by atoms with Crippen LogP contribution in [-0.2, 0) is 40.9 Å². The molecule has 0 radical (unpaired) electrons. The zero-order valence-electron chi connectivity index (χ0n) is 38.2. The van der Waals surface area contributed by atoms with Crippen molar-refractivity contribution in [3.8, 4) is 11.3 Å². The third-order valence-corrected chi connectivity index (χ3v) is 14.3. The van der Waals surface area contributed by atoms with Crippen molar-refractivity contribution in [3.63, 3.8) is 0 Å². The molecule has 1 unspecified atom stereocenters. The summed E-state index contributed by atoms with van der Waals surface area (Å²) in [5, 5.41) is 18.7. The number of imide groups is 1. The van der Waals surface area contributed by atoms with E-state index in [2.05, 4.69) is 36.3 Å². The SMILES string of the molecule is Cc1nc2c(CNC(=O)NCCCCCCCCOC(=O)N(Cc3ccccc3)C3CCC(Nc4ncc(Cl)c(-c5cnn(C)c5CC5CC5)n4)CC3)scc2c(=O)n1C1CCC(=O)NC1=O. The summed E-state index contributed by atoms with van der Waals surface area (Å²) in [4.78, 5) is 80.3. The molecule has 8 rings (SSSR count). The van der Waals surface area contributed by atoms with Gasteiger partial charge in [0.15, 0.2) is 0 Å². The lowest BCUT2D eigenvalue weighted by atomic mass is 9.90. The number of benzene rings is 1. The van der Waals surface area contributed by atoms with Gasteiger partial charge in [-0.1, -0.05) is 67.6 Å². The van der Waals surface area contributed by atoms with E-state index >= 15 is 0 Å². The van der Waals surface area contributed by atoms with Crippen LogP contribution in [0.2, 0.25) is 5.02 Å². The fourth-order valence-corrected chi connectivity index (χ4v) is 10.2.